The highest BCUT2D eigenvalue weighted by Crippen LogP contribution is 2.22. The molecule has 0 saturated carbocycles. The Balaban J connectivity index is 1.59. The van der Waals surface area contributed by atoms with E-state index in [-0.39, 0.29) is 11.9 Å². The smallest absolute Gasteiger partial charge is 0.341 e. The fourth-order valence-electron chi connectivity index (χ4n) is 3.68. The number of hydrogen-bond acceptors (Lipinski definition) is 6. The number of hydrogen-bond donors (Lipinski definition) is 4. The summed E-state index contributed by atoms with van der Waals surface area (Å²) in [6, 6.07) is 0. The van der Waals surface area contributed by atoms with Gasteiger partial charge in [0.25, 0.3) is 0 Å². The highest BCUT2D eigenvalue weighted by Gasteiger charge is 2.18. The quantitative estimate of drug-likeness (QED) is 0.153. The van der Waals surface area contributed by atoms with Gasteiger partial charge in [0, 0.05) is 23.8 Å². The molecule has 0 atom stereocenters. The molecule has 2 aromatic heterocycles. The normalized spacial score (nSPS) is 10.6. The Hall–Kier alpha value is -2.72. The van der Waals surface area contributed by atoms with Crippen LogP contribution in [0.5, 0.6) is 0 Å². The fraction of sp³-hybridized carbons (Fsp3) is 0.500. The number of esters is 2. The van der Waals surface area contributed by atoms with Gasteiger partial charge in [0.1, 0.15) is 11.1 Å². The number of aryl methyl sites for hydroxylation is 2. The maximum atomic E-state index is 11.9. The Labute approximate surface area is 211 Å². The second-order valence-electron chi connectivity index (χ2n) is 8.11. The van der Waals surface area contributed by atoms with Crippen LogP contribution in [0.3, 0.4) is 0 Å². The minimum Gasteiger partial charge on any atom is -0.465 e. The number of unbranched alkanes of at least 4 members (excludes halogenated alkanes) is 5. The first-order valence-electron chi connectivity index (χ1n) is 11.4. The number of nitrogens with one attached hydrogen (secondary N) is 4. The zero-order chi connectivity index (χ0) is 25.1. The van der Waals surface area contributed by atoms with Gasteiger partial charge < -0.3 is 30.1 Å². The van der Waals surface area contributed by atoms with Crippen molar-refractivity contribution in [2.24, 2.45) is 0 Å². The Morgan fingerprint density at radius 2 is 1.09 bits per heavy atom. The van der Waals surface area contributed by atoms with Crippen LogP contribution in [-0.4, -0.2) is 46.1 Å². The number of carbonyl (C=O) groups is 2. The number of anilines is 2. The molecule has 186 valence electrons. The number of aromatic nitrogens is 2. The first-order chi connectivity index (χ1) is 16.3. The molecular formula is C24H34N4O4S2. The van der Waals surface area contributed by atoms with Crippen molar-refractivity contribution in [3.63, 3.8) is 0 Å². The van der Waals surface area contributed by atoms with E-state index in [0.29, 0.717) is 32.5 Å². The Bertz CT molecular complexity index is 933. The number of ether oxygens (including phenoxy) is 2. The SMILES string of the molecule is COC(=O)c1c(NC(=S)CCCCCCCCC(=S)Nc2c[nH]c(C)c2C(=O)OC)c[nH]c1C. The summed E-state index contributed by atoms with van der Waals surface area (Å²) in [4.78, 5) is 31.3. The van der Waals surface area contributed by atoms with Crippen LogP contribution in [0.4, 0.5) is 11.4 Å². The van der Waals surface area contributed by atoms with Gasteiger partial charge in [-0.2, -0.15) is 0 Å². The third kappa shape index (κ3) is 7.95. The number of H-pyrrole nitrogens is 2. The van der Waals surface area contributed by atoms with E-state index in [9.17, 15) is 9.59 Å². The highest BCUT2D eigenvalue weighted by atomic mass is 32.1. The van der Waals surface area contributed by atoms with Gasteiger partial charge in [0.05, 0.1) is 35.6 Å². The standard InChI is InChI=1S/C24H34N4O4S2/c1-15-21(23(29)31-3)17(13-25-15)27-19(33)11-9-7-5-6-8-10-12-20(34)28-18-14-26-16(2)22(18)24(30)32-4/h13-14,25-26H,5-12H2,1-4H3,(H,27,33)(H,28,34). The van der Waals surface area contributed by atoms with E-state index in [1.165, 1.54) is 14.2 Å². The molecular weight excluding hydrogens is 472 g/mol. The molecule has 0 radical (unpaired) electrons. The number of methoxy groups -OCH3 is 2. The van der Waals surface area contributed by atoms with Crippen LogP contribution in [0.25, 0.3) is 0 Å². The topological polar surface area (TPSA) is 108 Å². The lowest BCUT2D eigenvalue weighted by molar-refractivity contribution is 0.0592. The lowest BCUT2D eigenvalue weighted by Gasteiger charge is -2.09. The van der Waals surface area contributed by atoms with Gasteiger partial charge in [-0.3, -0.25) is 0 Å². The molecule has 0 bridgehead atoms. The molecule has 0 fully saturated rings. The molecule has 0 aromatic carbocycles. The van der Waals surface area contributed by atoms with Crippen molar-refractivity contribution in [2.75, 3.05) is 24.9 Å². The van der Waals surface area contributed by atoms with E-state index < -0.39 is 0 Å². The molecule has 8 nitrogen and oxygen atoms in total. The number of aromatic amines is 2. The number of carbonyl (C=O) groups excluding carboxylic acids is 2. The van der Waals surface area contributed by atoms with E-state index in [2.05, 4.69) is 20.6 Å². The maximum Gasteiger partial charge on any atom is 0.341 e. The molecule has 4 N–H and O–H groups in total. The van der Waals surface area contributed by atoms with Gasteiger partial charge in [-0.15, -0.1) is 0 Å². The van der Waals surface area contributed by atoms with Crippen LogP contribution in [0.1, 0.15) is 83.5 Å². The van der Waals surface area contributed by atoms with Crippen molar-refractivity contribution in [2.45, 2.75) is 65.2 Å². The van der Waals surface area contributed by atoms with Crippen LogP contribution >= 0.6 is 24.4 Å². The molecule has 0 aliphatic carbocycles. The maximum absolute atomic E-state index is 11.9. The van der Waals surface area contributed by atoms with Crippen molar-refractivity contribution in [3.8, 4) is 0 Å². The Morgan fingerprint density at radius 1 is 0.735 bits per heavy atom. The van der Waals surface area contributed by atoms with Crippen molar-refractivity contribution in [1.29, 1.82) is 0 Å². The van der Waals surface area contributed by atoms with Crippen molar-refractivity contribution in [3.05, 3.63) is 34.9 Å². The van der Waals surface area contributed by atoms with Crippen LogP contribution in [0.2, 0.25) is 0 Å². The molecule has 0 aliphatic rings. The Kier molecular flexibility index (Phi) is 11.2. The predicted molar refractivity (Wildman–Crippen MR) is 143 cm³/mol. The molecule has 0 saturated heterocycles. The zero-order valence-corrected chi connectivity index (χ0v) is 21.9. The molecule has 2 aromatic rings. The third-order valence-corrected chi connectivity index (χ3v) is 6.15. The second-order valence-corrected chi connectivity index (χ2v) is 9.09. The van der Waals surface area contributed by atoms with Crippen LogP contribution in [-0.2, 0) is 9.47 Å². The minimum absolute atomic E-state index is 0.383. The van der Waals surface area contributed by atoms with Gasteiger partial charge in [-0.05, 0) is 39.5 Å². The predicted octanol–water partition coefficient (Wildman–Crippen LogP) is 5.83. The number of thiocarbonyl (C=S) groups is 2. The molecule has 10 heteroatoms. The lowest BCUT2D eigenvalue weighted by atomic mass is 10.1. The zero-order valence-electron chi connectivity index (χ0n) is 20.3. The fourth-order valence-corrected chi connectivity index (χ4v) is 4.19. The van der Waals surface area contributed by atoms with Crippen molar-refractivity contribution in [1.82, 2.24) is 9.97 Å². The average molecular weight is 507 g/mol. The highest BCUT2D eigenvalue weighted by molar-refractivity contribution is 7.80. The summed E-state index contributed by atoms with van der Waals surface area (Å²) in [6.07, 6.45) is 11.4. The molecule has 34 heavy (non-hydrogen) atoms. The van der Waals surface area contributed by atoms with E-state index in [4.69, 9.17) is 33.9 Å². The summed E-state index contributed by atoms with van der Waals surface area (Å²) in [6.45, 7) is 3.65. The molecule has 0 aliphatic heterocycles. The first-order valence-corrected chi connectivity index (χ1v) is 12.2. The van der Waals surface area contributed by atoms with Crippen molar-refractivity contribution < 1.29 is 19.1 Å². The number of rotatable bonds is 13. The van der Waals surface area contributed by atoms with Crippen LogP contribution < -0.4 is 10.6 Å². The summed E-state index contributed by atoms with van der Waals surface area (Å²) in [5.41, 5.74) is 3.80. The molecule has 0 spiro atoms. The largest absolute Gasteiger partial charge is 0.465 e. The van der Waals surface area contributed by atoms with E-state index in [0.717, 1.165) is 62.8 Å². The Morgan fingerprint density at radius 3 is 1.44 bits per heavy atom. The van der Waals surface area contributed by atoms with E-state index in [1.807, 2.05) is 13.8 Å². The molecule has 0 unspecified atom stereocenters. The first kappa shape index (κ1) is 27.5. The average Bonchev–Trinajstić information content (AvgIpc) is 3.36. The summed E-state index contributed by atoms with van der Waals surface area (Å²) >= 11 is 10.9. The molecule has 0 amide bonds. The molecule has 2 rings (SSSR count). The second kappa shape index (κ2) is 13.9. The van der Waals surface area contributed by atoms with E-state index >= 15 is 0 Å². The van der Waals surface area contributed by atoms with Gasteiger partial charge in [0.2, 0.25) is 0 Å². The minimum atomic E-state index is -0.383. The summed E-state index contributed by atoms with van der Waals surface area (Å²) < 4.78 is 9.67. The van der Waals surface area contributed by atoms with Gasteiger partial charge in [-0.25, -0.2) is 9.59 Å². The van der Waals surface area contributed by atoms with Gasteiger partial charge in [-0.1, -0.05) is 50.1 Å². The third-order valence-electron chi connectivity index (χ3n) is 5.54. The monoisotopic (exact) mass is 506 g/mol. The summed E-state index contributed by atoms with van der Waals surface area (Å²) in [5.74, 6) is -0.767. The summed E-state index contributed by atoms with van der Waals surface area (Å²) in [7, 11) is 2.73. The van der Waals surface area contributed by atoms with Gasteiger partial charge >= 0.3 is 11.9 Å². The van der Waals surface area contributed by atoms with Gasteiger partial charge in [0.15, 0.2) is 0 Å². The van der Waals surface area contributed by atoms with E-state index in [1.54, 1.807) is 12.4 Å². The summed E-state index contributed by atoms with van der Waals surface area (Å²) in [5, 5.41) is 6.31. The van der Waals surface area contributed by atoms with Crippen LogP contribution in [0.15, 0.2) is 12.4 Å². The molecule has 2 heterocycles. The van der Waals surface area contributed by atoms with Crippen LogP contribution in [0, 0.1) is 13.8 Å². The lowest BCUT2D eigenvalue weighted by Crippen LogP contribution is -2.12. The van der Waals surface area contributed by atoms with Crippen molar-refractivity contribution >= 4 is 57.7 Å².